The molecule has 0 spiro atoms. The number of rotatable bonds is 2. The monoisotopic (exact) mass is 371 g/mol. The number of amides is 1. The van der Waals surface area contributed by atoms with Crippen molar-refractivity contribution in [2.75, 3.05) is 12.3 Å². The first-order valence-corrected chi connectivity index (χ1v) is 11.0. The van der Waals surface area contributed by atoms with Crippen molar-refractivity contribution in [3.63, 3.8) is 0 Å². The van der Waals surface area contributed by atoms with Crippen LogP contribution < -0.4 is 5.73 Å². The van der Waals surface area contributed by atoms with Gasteiger partial charge in [-0.15, -0.1) is 11.3 Å². The topological polar surface area (TPSA) is 59.2 Å². The number of aryl methyl sites for hydroxylation is 2. The van der Waals surface area contributed by atoms with Crippen molar-refractivity contribution in [1.29, 1.82) is 0 Å². The molecular formula is C21H29N3OS. The number of nitrogen functional groups attached to an aromatic ring is 1. The van der Waals surface area contributed by atoms with Gasteiger partial charge in [-0.05, 0) is 63.0 Å². The molecule has 1 saturated heterocycles. The molecule has 3 heterocycles. The average molecular weight is 372 g/mol. The molecule has 0 bridgehead atoms. The number of aromatic nitrogens is 1. The number of pyridine rings is 1. The minimum atomic E-state index is 0.115. The van der Waals surface area contributed by atoms with Crippen LogP contribution in [0.15, 0.2) is 6.07 Å². The Morgan fingerprint density at radius 3 is 2.85 bits per heavy atom. The Labute approximate surface area is 159 Å². The average Bonchev–Trinajstić information content (AvgIpc) is 2.97. The van der Waals surface area contributed by atoms with Gasteiger partial charge in [-0.25, -0.2) is 4.98 Å². The van der Waals surface area contributed by atoms with Crippen LogP contribution in [0.5, 0.6) is 0 Å². The quantitative estimate of drug-likeness (QED) is 0.813. The van der Waals surface area contributed by atoms with E-state index in [0.29, 0.717) is 16.6 Å². The van der Waals surface area contributed by atoms with E-state index in [1.807, 2.05) is 0 Å². The second-order valence-electron chi connectivity index (χ2n) is 7.76. The number of fused-ring (bicyclic) bond motifs is 2. The summed E-state index contributed by atoms with van der Waals surface area (Å²) in [5.74, 6) is 0.115. The van der Waals surface area contributed by atoms with Gasteiger partial charge in [0.15, 0.2) is 0 Å². The number of carbonyl (C=O) groups is 1. The van der Waals surface area contributed by atoms with Crippen molar-refractivity contribution in [1.82, 2.24) is 9.88 Å². The van der Waals surface area contributed by atoms with Crippen molar-refractivity contribution in [3.8, 4) is 0 Å². The summed E-state index contributed by atoms with van der Waals surface area (Å²) in [6.07, 6.45) is 11.6. The summed E-state index contributed by atoms with van der Waals surface area (Å²) in [5, 5.41) is 0.989. The van der Waals surface area contributed by atoms with Crippen LogP contribution in [0.1, 0.15) is 79.2 Å². The molecule has 26 heavy (non-hydrogen) atoms. The largest absolute Gasteiger partial charge is 0.397 e. The van der Waals surface area contributed by atoms with Crippen molar-refractivity contribution in [3.05, 3.63) is 22.2 Å². The highest BCUT2D eigenvalue weighted by atomic mass is 32.1. The second kappa shape index (κ2) is 7.55. The van der Waals surface area contributed by atoms with Gasteiger partial charge in [-0.1, -0.05) is 19.8 Å². The lowest BCUT2D eigenvalue weighted by Gasteiger charge is -2.35. The highest BCUT2D eigenvalue weighted by molar-refractivity contribution is 7.21. The Kier molecular flexibility index (Phi) is 5.16. The molecule has 4 nitrogen and oxygen atoms in total. The number of carbonyl (C=O) groups excluding carboxylic acids is 1. The van der Waals surface area contributed by atoms with Gasteiger partial charge in [0.2, 0.25) is 0 Å². The first kappa shape index (κ1) is 17.8. The van der Waals surface area contributed by atoms with Crippen molar-refractivity contribution in [2.45, 2.75) is 77.2 Å². The van der Waals surface area contributed by atoms with Crippen LogP contribution in [-0.4, -0.2) is 28.4 Å². The molecule has 1 amide bonds. The highest BCUT2D eigenvalue weighted by Gasteiger charge is 2.29. The number of hydrogen-bond donors (Lipinski definition) is 1. The number of hydrogen-bond acceptors (Lipinski definition) is 4. The first-order chi connectivity index (χ1) is 12.7. The molecule has 2 aliphatic rings. The van der Waals surface area contributed by atoms with E-state index in [4.69, 9.17) is 10.7 Å². The lowest BCUT2D eigenvalue weighted by Crippen LogP contribution is -2.43. The van der Waals surface area contributed by atoms with Crippen molar-refractivity contribution in [2.24, 2.45) is 0 Å². The zero-order chi connectivity index (χ0) is 18.1. The third-order valence-electron chi connectivity index (χ3n) is 6.05. The third kappa shape index (κ3) is 3.22. The van der Waals surface area contributed by atoms with Crippen molar-refractivity contribution >= 4 is 33.1 Å². The van der Waals surface area contributed by atoms with Gasteiger partial charge in [0, 0.05) is 23.7 Å². The van der Waals surface area contributed by atoms with Crippen molar-refractivity contribution < 1.29 is 4.79 Å². The molecular weight excluding hydrogens is 342 g/mol. The zero-order valence-corrected chi connectivity index (χ0v) is 16.5. The molecule has 140 valence electrons. The molecule has 2 aromatic heterocycles. The van der Waals surface area contributed by atoms with E-state index in [2.05, 4.69) is 17.9 Å². The molecule has 2 aromatic rings. The molecule has 1 aliphatic heterocycles. The number of nitrogens with two attached hydrogens (primary N) is 1. The predicted molar refractivity (Wildman–Crippen MR) is 109 cm³/mol. The molecule has 0 aromatic carbocycles. The van der Waals surface area contributed by atoms with E-state index < -0.39 is 0 Å². The van der Waals surface area contributed by atoms with Crippen LogP contribution in [0, 0.1) is 0 Å². The van der Waals surface area contributed by atoms with Crippen LogP contribution in [0.25, 0.3) is 10.2 Å². The zero-order valence-electron chi connectivity index (χ0n) is 15.7. The van der Waals surface area contributed by atoms with E-state index >= 15 is 0 Å². The Bertz CT molecular complexity index is 813. The maximum Gasteiger partial charge on any atom is 0.266 e. The maximum absolute atomic E-state index is 13.2. The summed E-state index contributed by atoms with van der Waals surface area (Å²) in [6.45, 7) is 3.03. The minimum Gasteiger partial charge on any atom is -0.397 e. The van der Waals surface area contributed by atoms with Gasteiger partial charge >= 0.3 is 0 Å². The summed E-state index contributed by atoms with van der Waals surface area (Å²) in [5.41, 5.74) is 9.67. The van der Waals surface area contributed by atoms with Crippen LogP contribution in [0.2, 0.25) is 0 Å². The standard InChI is InChI=1S/C21H29N3OS/c1-2-15-10-7-8-12-24(15)21(25)19-18(22)16-13-14-9-5-3-4-6-11-17(14)23-20(16)26-19/h13,15H,2-12,22H2,1H3. The van der Waals surface area contributed by atoms with E-state index in [-0.39, 0.29) is 5.91 Å². The van der Waals surface area contributed by atoms with Gasteiger partial charge in [-0.2, -0.15) is 0 Å². The summed E-state index contributed by atoms with van der Waals surface area (Å²) in [4.78, 5) is 21.8. The summed E-state index contributed by atoms with van der Waals surface area (Å²) in [7, 11) is 0. The SMILES string of the molecule is CCC1CCCCN1C(=O)c1sc2nc3c(cc2c1N)CCCCCC3. The second-order valence-corrected chi connectivity index (χ2v) is 8.76. The Morgan fingerprint density at radius 1 is 1.23 bits per heavy atom. The van der Waals surface area contributed by atoms with E-state index in [1.165, 1.54) is 54.7 Å². The normalized spacial score (nSPS) is 21.3. The Morgan fingerprint density at radius 2 is 2.04 bits per heavy atom. The summed E-state index contributed by atoms with van der Waals surface area (Å²) < 4.78 is 0. The number of piperidine rings is 1. The molecule has 2 N–H and O–H groups in total. The molecule has 1 atom stereocenters. The van der Waals surface area contributed by atoms with Gasteiger partial charge in [0.1, 0.15) is 9.71 Å². The molecule has 0 saturated carbocycles. The van der Waals surface area contributed by atoms with Gasteiger partial charge in [0.05, 0.1) is 5.69 Å². The van der Waals surface area contributed by atoms with E-state index in [0.717, 1.165) is 48.9 Å². The fourth-order valence-electron chi connectivity index (χ4n) is 4.49. The molecule has 1 aliphatic carbocycles. The van der Waals surface area contributed by atoms with Gasteiger partial charge in [-0.3, -0.25) is 4.79 Å². The van der Waals surface area contributed by atoms with E-state index in [9.17, 15) is 4.79 Å². The predicted octanol–water partition coefficient (Wildman–Crippen LogP) is 4.94. The number of thiophene rings is 1. The fraction of sp³-hybridized carbons (Fsp3) is 0.619. The van der Waals surface area contributed by atoms with E-state index in [1.54, 1.807) is 0 Å². The van der Waals surface area contributed by atoms with Gasteiger partial charge < -0.3 is 10.6 Å². The molecule has 5 heteroatoms. The fourth-order valence-corrected chi connectivity index (χ4v) is 5.55. The molecule has 4 rings (SSSR count). The third-order valence-corrected chi connectivity index (χ3v) is 7.16. The lowest BCUT2D eigenvalue weighted by atomic mass is 9.96. The molecule has 1 unspecified atom stereocenters. The first-order valence-electron chi connectivity index (χ1n) is 10.2. The summed E-state index contributed by atoms with van der Waals surface area (Å²) >= 11 is 1.50. The van der Waals surface area contributed by atoms with Crippen LogP contribution in [-0.2, 0) is 12.8 Å². The number of anilines is 1. The minimum absolute atomic E-state index is 0.115. The van der Waals surface area contributed by atoms with Gasteiger partial charge in [0.25, 0.3) is 5.91 Å². The Balaban J connectivity index is 1.71. The smallest absolute Gasteiger partial charge is 0.266 e. The number of likely N-dealkylation sites (tertiary alicyclic amines) is 1. The van der Waals surface area contributed by atoms with Crippen LogP contribution in [0.3, 0.4) is 0 Å². The lowest BCUT2D eigenvalue weighted by molar-refractivity contribution is 0.0614. The Hall–Kier alpha value is -1.62. The molecule has 1 fully saturated rings. The summed E-state index contributed by atoms with van der Waals surface area (Å²) in [6, 6.07) is 2.58. The molecule has 0 radical (unpaired) electrons. The highest BCUT2D eigenvalue weighted by Crippen LogP contribution is 2.36. The maximum atomic E-state index is 13.2. The number of nitrogens with zero attached hydrogens (tertiary/aromatic N) is 2. The van der Waals surface area contributed by atoms with Crippen LogP contribution in [0.4, 0.5) is 5.69 Å². The van der Waals surface area contributed by atoms with Crippen LogP contribution >= 0.6 is 11.3 Å².